The standard InChI is InChI=1S/C22H28O3S/c1-4-18(23)13-24-19-9-5-16(6-10-19)22(2,3)17-7-11-20(12-8-17)25-14-21-15-26-21/h5-12,18,21,23H,4,13-15H2,1-3H3. The van der Waals surface area contributed by atoms with Gasteiger partial charge in [-0.25, -0.2) is 0 Å². The predicted molar refractivity (Wildman–Crippen MR) is 109 cm³/mol. The van der Waals surface area contributed by atoms with Crippen molar-refractivity contribution in [2.24, 2.45) is 0 Å². The third-order valence-corrected chi connectivity index (χ3v) is 5.84. The molecule has 1 heterocycles. The van der Waals surface area contributed by atoms with Crippen LogP contribution in [0.2, 0.25) is 0 Å². The van der Waals surface area contributed by atoms with Crippen molar-refractivity contribution in [2.45, 2.75) is 44.0 Å². The van der Waals surface area contributed by atoms with Crippen LogP contribution in [0.15, 0.2) is 48.5 Å². The summed E-state index contributed by atoms with van der Waals surface area (Å²) in [5.41, 5.74) is 2.37. The fourth-order valence-corrected chi connectivity index (χ4v) is 3.16. The molecule has 0 bridgehead atoms. The molecule has 3 rings (SSSR count). The van der Waals surface area contributed by atoms with Crippen molar-refractivity contribution in [2.75, 3.05) is 19.0 Å². The quantitative estimate of drug-likeness (QED) is 0.650. The molecule has 26 heavy (non-hydrogen) atoms. The topological polar surface area (TPSA) is 38.7 Å². The Morgan fingerprint density at radius 2 is 1.50 bits per heavy atom. The van der Waals surface area contributed by atoms with E-state index in [2.05, 4.69) is 50.2 Å². The van der Waals surface area contributed by atoms with Crippen LogP contribution in [0.1, 0.15) is 38.3 Å². The molecule has 0 aromatic heterocycles. The largest absolute Gasteiger partial charge is 0.492 e. The van der Waals surface area contributed by atoms with Gasteiger partial charge in [0.05, 0.1) is 6.10 Å². The molecule has 2 atom stereocenters. The van der Waals surface area contributed by atoms with Crippen LogP contribution in [-0.4, -0.2) is 35.4 Å². The molecule has 0 spiro atoms. The zero-order chi connectivity index (χ0) is 18.6. The van der Waals surface area contributed by atoms with Crippen LogP contribution >= 0.6 is 11.8 Å². The van der Waals surface area contributed by atoms with Crippen LogP contribution in [-0.2, 0) is 5.41 Å². The van der Waals surface area contributed by atoms with Crippen molar-refractivity contribution in [3.8, 4) is 11.5 Å². The number of aliphatic hydroxyl groups is 1. The molecule has 1 fully saturated rings. The first-order valence-corrected chi connectivity index (χ1v) is 10.3. The van der Waals surface area contributed by atoms with Crippen LogP contribution < -0.4 is 9.47 Å². The van der Waals surface area contributed by atoms with Crippen LogP contribution in [0.25, 0.3) is 0 Å². The van der Waals surface area contributed by atoms with Crippen molar-refractivity contribution in [3.63, 3.8) is 0 Å². The second kappa shape index (κ2) is 8.36. The van der Waals surface area contributed by atoms with Gasteiger partial charge in [0.2, 0.25) is 0 Å². The molecule has 1 aliphatic heterocycles. The molecule has 140 valence electrons. The first-order chi connectivity index (χ1) is 12.5. The van der Waals surface area contributed by atoms with E-state index in [0.29, 0.717) is 18.3 Å². The van der Waals surface area contributed by atoms with Gasteiger partial charge in [0.15, 0.2) is 0 Å². The summed E-state index contributed by atoms with van der Waals surface area (Å²) in [6.07, 6.45) is 0.287. The lowest BCUT2D eigenvalue weighted by molar-refractivity contribution is 0.104. The predicted octanol–water partition coefficient (Wildman–Crippen LogP) is 4.66. The Morgan fingerprint density at radius 1 is 1.00 bits per heavy atom. The molecule has 0 radical (unpaired) electrons. The lowest BCUT2D eigenvalue weighted by Crippen LogP contribution is -2.19. The Morgan fingerprint density at radius 3 is 1.96 bits per heavy atom. The molecule has 4 heteroatoms. The Kier molecular flexibility index (Phi) is 6.15. The summed E-state index contributed by atoms with van der Waals surface area (Å²) in [6, 6.07) is 16.6. The fraction of sp³-hybridized carbons (Fsp3) is 0.455. The number of hydrogen-bond donors (Lipinski definition) is 1. The van der Waals surface area contributed by atoms with E-state index in [4.69, 9.17) is 9.47 Å². The molecular formula is C22H28O3S. The van der Waals surface area contributed by atoms with Crippen molar-refractivity contribution < 1.29 is 14.6 Å². The van der Waals surface area contributed by atoms with E-state index in [-0.39, 0.29) is 5.41 Å². The van der Waals surface area contributed by atoms with E-state index in [1.807, 2.05) is 30.8 Å². The third kappa shape index (κ3) is 4.95. The first kappa shape index (κ1) is 19.1. The summed E-state index contributed by atoms with van der Waals surface area (Å²) in [4.78, 5) is 0. The Balaban J connectivity index is 1.64. The number of hydrogen-bond acceptors (Lipinski definition) is 4. The molecule has 0 saturated carbocycles. The molecule has 0 aliphatic carbocycles. The third-order valence-electron chi connectivity index (χ3n) is 4.90. The number of aliphatic hydroxyl groups excluding tert-OH is 1. The maximum absolute atomic E-state index is 9.61. The van der Waals surface area contributed by atoms with Crippen molar-refractivity contribution >= 4 is 11.8 Å². The lowest BCUT2D eigenvalue weighted by Gasteiger charge is -2.26. The highest BCUT2D eigenvalue weighted by Crippen LogP contribution is 2.34. The average Bonchev–Trinajstić information content (AvgIpc) is 3.49. The van der Waals surface area contributed by atoms with Gasteiger partial charge < -0.3 is 14.6 Å². The molecule has 3 nitrogen and oxygen atoms in total. The number of thioether (sulfide) groups is 1. The van der Waals surface area contributed by atoms with Gasteiger partial charge in [-0.2, -0.15) is 11.8 Å². The Labute approximate surface area is 160 Å². The Bertz CT molecular complexity index is 690. The average molecular weight is 373 g/mol. The normalized spacial score (nSPS) is 17.6. The zero-order valence-electron chi connectivity index (χ0n) is 15.8. The zero-order valence-corrected chi connectivity index (χ0v) is 16.6. The summed E-state index contributed by atoms with van der Waals surface area (Å²) in [7, 11) is 0. The van der Waals surface area contributed by atoms with Gasteiger partial charge in [0, 0.05) is 16.4 Å². The highest BCUT2D eigenvalue weighted by atomic mass is 32.2. The van der Waals surface area contributed by atoms with Crippen molar-refractivity contribution in [1.29, 1.82) is 0 Å². The summed E-state index contributed by atoms with van der Waals surface area (Å²) < 4.78 is 11.4. The summed E-state index contributed by atoms with van der Waals surface area (Å²) in [6.45, 7) is 7.53. The minimum absolute atomic E-state index is 0.105. The van der Waals surface area contributed by atoms with Crippen LogP contribution in [0.3, 0.4) is 0 Å². The monoisotopic (exact) mass is 372 g/mol. The molecule has 2 aromatic carbocycles. The molecule has 1 saturated heterocycles. The molecule has 1 aliphatic rings. The first-order valence-electron chi connectivity index (χ1n) is 9.25. The maximum atomic E-state index is 9.61. The van der Waals surface area contributed by atoms with Gasteiger partial charge in [-0.05, 0) is 41.8 Å². The fourth-order valence-electron chi connectivity index (χ4n) is 2.77. The smallest absolute Gasteiger partial charge is 0.119 e. The minimum Gasteiger partial charge on any atom is -0.492 e. The second-order valence-corrected chi connectivity index (χ2v) is 8.65. The van der Waals surface area contributed by atoms with Gasteiger partial charge in [0.1, 0.15) is 24.7 Å². The van der Waals surface area contributed by atoms with E-state index in [1.165, 1.54) is 16.9 Å². The van der Waals surface area contributed by atoms with Gasteiger partial charge in [-0.3, -0.25) is 0 Å². The van der Waals surface area contributed by atoms with E-state index >= 15 is 0 Å². The number of ether oxygens (including phenoxy) is 2. The molecule has 0 amide bonds. The summed E-state index contributed by atoms with van der Waals surface area (Å²) in [5.74, 6) is 2.96. The Hall–Kier alpha value is -1.65. The minimum atomic E-state index is -0.412. The summed E-state index contributed by atoms with van der Waals surface area (Å²) in [5, 5.41) is 10.3. The van der Waals surface area contributed by atoms with Crippen LogP contribution in [0, 0.1) is 0 Å². The van der Waals surface area contributed by atoms with Crippen molar-refractivity contribution in [1.82, 2.24) is 0 Å². The molecule has 2 unspecified atom stereocenters. The lowest BCUT2D eigenvalue weighted by atomic mass is 9.78. The second-order valence-electron chi connectivity index (χ2n) is 7.31. The highest BCUT2D eigenvalue weighted by Gasteiger charge is 2.24. The van der Waals surface area contributed by atoms with Crippen molar-refractivity contribution in [3.05, 3.63) is 59.7 Å². The van der Waals surface area contributed by atoms with E-state index < -0.39 is 6.10 Å². The van der Waals surface area contributed by atoms with E-state index in [0.717, 1.165) is 18.1 Å². The van der Waals surface area contributed by atoms with Crippen LogP contribution in [0.5, 0.6) is 11.5 Å². The van der Waals surface area contributed by atoms with Gasteiger partial charge in [-0.1, -0.05) is 45.0 Å². The molecule has 2 aromatic rings. The highest BCUT2D eigenvalue weighted by molar-refractivity contribution is 8.06. The van der Waals surface area contributed by atoms with E-state index in [9.17, 15) is 5.11 Å². The van der Waals surface area contributed by atoms with Gasteiger partial charge in [0.25, 0.3) is 0 Å². The van der Waals surface area contributed by atoms with E-state index in [1.54, 1.807) is 0 Å². The molecule has 1 N–H and O–H groups in total. The number of rotatable bonds is 9. The van der Waals surface area contributed by atoms with Gasteiger partial charge in [-0.15, -0.1) is 0 Å². The summed E-state index contributed by atoms with van der Waals surface area (Å²) >= 11 is 1.95. The maximum Gasteiger partial charge on any atom is 0.119 e. The SMILES string of the molecule is CCC(O)COc1ccc(C(C)(C)c2ccc(OCC3CS3)cc2)cc1. The number of benzene rings is 2. The van der Waals surface area contributed by atoms with Gasteiger partial charge >= 0.3 is 0 Å². The molecular weight excluding hydrogens is 344 g/mol. The van der Waals surface area contributed by atoms with Crippen LogP contribution in [0.4, 0.5) is 0 Å².